The number of aliphatic hydroxyl groups is 1. The standard InChI is InChI=1S/C27H34F2N6O4/c1-16(2)26-33-24(34-39-26)19-14-31-27(32-15-19)35-8-6-18(7-9-35)5-4-10-38-20-11-21(28)23(22(29)12-20)25(37)30-13-17(3)36/h11-12,14-18,36H,4-10,13H2,1-3H3,(H,30,37)/t17-/m1/s1. The second-order valence-electron chi connectivity index (χ2n) is 10.1. The molecule has 2 aromatic heterocycles. The van der Waals surface area contributed by atoms with Crippen LogP contribution in [0.4, 0.5) is 14.7 Å². The zero-order valence-electron chi connectivity index (χ0n) is 22.4. The predicted molar refractivity (Wildman–Crippen MR) is 139 cm³/mol. The lowest BCUT2D eigenvalue weighted by Crippen LogP contribution is -2.34. The number of hydrogen-bond acceptors (Lipinski definition) is 9. The van der Waals surface area contributed by atoms with Gasteiger partial charge in [-0.15, -0.1) is 0 Å². The molecule has 0 radical (unpaired) electrons. The lowest BCUT2D eigenvalue weighted by molar-refractivity contribution is 0.0915. The predicted octanol–water partition coefficient (Wildman–Crippen LogP) is 4.11. The van der Waals surface area contributed by atoms with Crippen LogP contribution in [0.25, 0.3) is 11.4 Å². The zero-order valence-corrected chi connectivity index (χ0v) is 22.4. The number of nitrogens with one attached hydrogen (secondary N) is 1. The van der Waals surface area contributed by atoms with Crippen molar-refractivity contribution in [2.24, 2.45) is 5.92 Å². The maximum Gasteiger partial charge on any atom is 0.257 e. The van der Waals surface area contributed by atoms with Crippen LogP contribution in [0.5, 0.6) is 5.75 Å². The minimum Gasteiger partial charge on any atom is -0.493 e. The van der Waals surface area contributed by atoms with Crippen LogP contribution in [0, 0.1) is 17.6 Å². The van der Waals surface area contributed by atoms with E-state index in [2.05, 4.69) is 30.3 Å². The molecule has 4 rings (SSSR count). The van der Waals surface area contributed by atoms with Crippen molar-refractivity contribution in [2.45, 2.75) is 58.5 Å². The number of hydrogen-bond donors (Lipinski definition) is 2. The Balaban J connectivity index is 1.19. The van der Waals surface area contributed by atoms with Gasteiger partial charge in [0.05, 0.1) is 18.3 Å². The van der Waals surface area contributed by atoms with E-state index in [1.165, 1.54) is 6.92 Å². The molecule has 1 saturated heterocycles. The van der Waals surface area contributed by atoms with Crippen LogP contribution in [0.1, 0.15) is 68.6 Å². The van der Waals surface area contributed by atoms with Crippen molar-refractivity contribution >= 4 is 11.9 Å². The molecule has 1 atom stereocenters. The smallest absolute Gasteiger partial charge is 0.257 e. The maximum absolute atomic E-state index is 14.3. The van der Waals surface area contributed by atoms with Gasteiger partial charge in [0.2, 0.25) is 17.7 Å². The third-order valence-corrected chi connectivity index (χ3v) is 6.56. The summed E-state index contributed by atoms with van der Waals surface area (Å²) in [7, 11) is 0. The molecule has 1 fully saturated rings. The van der Waals surface area contributed by atoms with Crippen molar-refractivity contribution in [3.05, 3.63) is 47.6 Å². The molecule has 0 aliphatic carbocycles. The first-order valence-corrected chi connectivity index (χ1v) is 13.2. The summed E-state index contributed by atoms with van der Waals surface area (Å²) in [6.45, 7) is 7.31. The van der Waals surface area contributed by atoms with Gasteiger partial charge in [0.1, 0.15) is 22.9 Å². The number of halogens is 2. The van der Waals surface area contributed by atoms with Crippen LogP contribution in [0.15, 0.2) is 29.0 Å². The number of amides is 1. The fourth-order valence-electron chi connectivity index (χ4n) is 4.35. The average molecular weight is 545 g/mol. The monoisotopic (exact) mass is 544 g/mol. The molecule has 210 valence electrons. The fraction of sp³-hybridized carbons (Fsp3) is 0.519. The molecule has 12 heteroatoms. The molecule has 10 nitrogen and oxygen atoms in total. The number of rotatable bonds is 11. The molecule has 1 aliphatic heterocycles. The van der Waals surface area contributed by atoms with Crippen LogP contribution in [-0.4, -0.2) is 63.5 Å². The van der Waals surface area contributed by atoms with E-state index >= 15 is 0 Å². The SMILES string of the molecule is CC(C)c1nc(-c2cnc(N3CCC(CCCOc4cc(F)c(C(=O)NC[C@@H](C)O)c(F)c4)CC3)nc2)no1. The molecule has 0 bridgehead atoms. The molecular weight excluding hydrogens is 510 g/mol. The highest BCUT2D eigenvalue weighted by Crippen LogP contribution is 2.26. The lowest BCUT2D eigenvalue weighted by atomic mass is 9.92. The van der Waals surface area contributed by atoms with Crippen LogP contribution >= 0.6 is 0 Å². The number of ether oxygens (including phenoxy) is 1. The van der Waals surface area contributed by atoms with E-state index in [1.54, 1.807) is 12.4 Å². The van der Waals surface area contributed by atoms with Crippen LogP contribution in [0.3, 0.4) is 0 Å². The summed E-state index contributed by atoms with van der Waals surface area (Å²) in [5.41, 5.74) is 0.0155. The summed E-state index contributed by atoms with van der Waals surface area (Å²) in [6.07, 6.45) is 6.21. The summed E-state index contributed by atoms with van der Waals surface area (Å²) in [4.78, 5) is 27.5. The van der Waals surface area contributed by atoms with Crippen LogP contribution in [0.2, 0.25) is 0 Å². The molecule has 0 saturated carbocycles. The third-order valence-electron chi connectivity index (χ3n) is 6.56. The average Bonchev–Trinajstić information content (AvgIpc) is 3.41. The van der Waals surface area contributed by atoms with Crippen molar-refractivity contribution in [1.82, 2.24) is 25.4 Å². The molecular formula is C27H34F2N6O4. The number of benzene rings is 1. The molecule has 1 aromatic carbocycles. The second kappa shape index (κ2) is 12.9. The van der Waals surface area contributed by atoms with Gasteiger partial charge in [0, 0.05) is 50.1 Å². The quantitative estimate of drug-likeness (QED) is 0.343. The van der Waals surface area contributed by atoms with Crippen molar-refractivity contribution in [2.75, 3.05) is 31.1 Å². The van der Waals surface area contributed by atoms with E-state index in [-0.39, 0.29) is 18.2 Å². The number of piperidine rings is 1. The number of carbonyl (C=O) groups excluding carboxylic acids is 1. The van der Waals surface area contributed by atoms with Gasteiger partial charge in [0.15, 0.2) is 0 Å². The molecule has 0 unspecified atom stereocenters. The summed E-state index contributed by atoms with van der Waals surface area (Å²) in [6, 6.07) is 2.01. The summed E-state index contributed by atoms with van der Waals surface area (Å²) in [5, 5.41) is 15.5. The van der Waals surface area contributed by atoms with E-state index < -0.39 is 29.2 Å². The Kier molecular flexibility index (Phi) is 9.39. The minimum atomic E-state index is -1.01. The Morgan fingerprint density at radius 2 is 1.85 bits per heavy atom. The molecule has 1 amide bonds. The number of carbonyl (C=O) groups is 1. The van der Waals surface area contributed by atoms with Gasteiger partial charge in [-0.1, -0.05) is 19.0 Å². The number of nitrogens with zero attached hydrogens (tertiary/aromatic N) is 5. The van der Waals surface area contributed by atoms with Gasteiger partial charge in [-0.05, 0) is 38.5 Å². The van der Waals surface area contributed by atoms with Gasteiger partial charge in [-0.25, -0.2) is 18.7 Å². The zero-order chi connectivity index (χ0) is 27.9. The highest BCUT2D eigenvalue weighted by molar-refractivity contribution is 5.94. The van der Waals surface area contributed by atoms with Gasteiger partial charge in [0.25, 0.3) is 5.91 Å². The number of aromatic nitrogens is 4. The second-order valence-corrected chi connectivity index (χ2v) is 10.1. The van der Waals surface area contributed by atoms with E-state index in [9.17, 15) is 18.7 Å². The Morgan fingerprint density at radius 1 is 1.18 bits per heavy atom. The van der Waals surface area contributed by atoms with Crippen molar-refractivity contribution in [1.29, 1.82) is 0 Å². The molecule has 3 aromatic rings. The number of anilines is 1. The summed E-state index contributed by atoms with van der Waals surface area (Å²) < 4.78 is 39.5. The maximum atomic E-state index is 14.3. The molecule has 0 spiro atoms. The van der Waals surface area contributed by atoms with E-state index in [0.717, 1.165) is 50.9 Å². The fourth-order valence-corrected chi connectivity index (χ4v) is 4.35. The van der Waals surface area contributed by atoms with E-state index in [0.29, 0.717) is 35.8 Å². The Morgan fingerprint density at radius 3 is 2.44 bits per heavy atom. The third kappa shape index (κ3) is 7.47. The lowest BCUT2D eigenvalue weighted by Gasteiger charge is -2.32. The van der Waals surface area contributed by atoms with Gasteiger partial charge in [-0.3, -0.25) is 4.79 Å². The largest absolute Gasteiger partial charge is 0.493 e. The highest BCUT2D eigenvalue weighted by Gasteiger charge is 2.22. The Hall–Kier alpha value is -3.67. The normalized spacial score (nSPS) is 15.0. The Labute approximate surface area is 225 Å². The topological polar surface area (TPSA) is 126 Å². The first-order valence-electron chi connectivity index (χ1n) is 13.2. The van der Waals surface area contributed by atoms with Gasteiger partial charge < -0.3 is 24.6 Å². The summed E-state index contributed by atoms with van der Waals surface area (Å²) >= 11 is 0. The first-order chi connectivity index (χ1) is 18.7. The molecule has 1 aliphatic rings. The van der Waals surface area contributed by atoms with Crippen molar-refractivity contribution in [3.8, 4) is 17.1 Å². The summed E-state index contributed by atoms with van der Waals surface area (Å²) in [5.74, 6) is -0.517. The molecule has 3 heterocycles. The van der Waals surface area contributed by atoms with E-state index in [4.69, 9.17) is 9.26 Å². The minimum absolute atomic E-state index is 0.0359. The van der Waals surface area contributed by atoms with Crippen LogP contribution < -0.4 is 15.0 Å². The van der Waals surface area contributed by atoms with Gasteiger partial charge >= 0.3 is 0 Å². The van der Waals surface area contributed by atoms with Crippen molar-refractivity contribution in [3.63, 3.8) is 0 Å². The first kappa shape index (κ1) is 28.3. The highest BCUT2D eigenvalue weighted by atomic mass is 19.1. The molecule has 39 heavy (non-hydrogen) atoms. The molecule has 2 N–H and O–H groups in total. The number of aliphatic hydroxyl groups excluding tert-OH is 1. The van der Waals surface area contributed by atoms with Crippen molar-refractivity contribution < 1.29 is 27.9 Å². The van der Waals surface area contributed by atoms with Crippen LogP contribution in [-0.2, 0) is 0 Å². The van der Waals surface area contributed by atoms with E-state index in [1.807, 2.05) is 13.8 Å². The Bertz CT molecular complexity index is 1220. The van der Waals surface area contributed by atoms with Gasteiger partial charge in [-0.2, -0.15) is 4.98 Å².